The van der Waals surface area contributed by atoms with Gasteiger partial charge in [-0.3, -0.25) is 8.98 Å². The maximum atomic E-state index is 12.2. The molecule has 5 nitrogen and oxygen atoms in total. The lowest BCUT2D eigenvalue weighted by atomic mass is 9.97. The fourth-order valence-electron chi connectivity index (χ4n) is 1.78. The molecule has 0 fully saturated rings. The highest BCUT2D eigenvalue weighted by Gasteiger charge is 2.32. The van der Waals surface area contributed by atoms with Gasteiger partial charge in [-0.1, -0.05) is 30.3 Å². The molecule has 0 radical (unpaired) electrons. The van der Waals surface area contributed by atoms with Gasteiger partial charge in [0.05, 0.1) is 12.2 Å². The van der Waals surface area contributed by atoms with Gasteiger partial charge in [-0.25, -0.2) is 0 Å². The van der Waals surface area contributed by atoms with Crippen molar-refractivity contribution in [2.24, 2.45) is 5.92 Å². The molecule has 0 aliphatic carbocycles. The minimum absolute atomic E-state index is 0.500. The van der Waals surface area contributed by atoms with Crippen LogP contribution >= 0.6 is 0 Å². The molecule has 0 saturated carbocycles. The lowest BCUT2D eigenvalue weighted by Gasteiger charge is -2.26. The molecule has 0 saturated heterocycles. The lowest BCUT2D eigenvalue weighted by Crippen LogP contribution is -2.31. The molecule has 0 aliphatic rings. The molecule has 0 aromatic heterocycles. The van der Waals surface area contributed by atoms with Gasteiger partial charge < -0.3 is 4.74 Å². The van der Waals surface area contributed by atoms with E-state index >= 15 is 0 Å². The summed E-state index contributed by atoms with van der Waals surface area (Å²) < 4.78 is 33.3. The molecule has 0 heterocycles. The summed E-state index contributed by atoms with van der Waals surface area (Å²) in [6, 6.07) is 8.76. The van der Waals surface area contributed by atoms with Crippen molar-refractivity contribution in [3.05, 3.63) is 35.9 Å². The molecule has 0 aliphatic heterocycles. The number of carbonyl (C=O) groups is 1. The van der Waals surface area contributed by atoms with Crippen molar-refractivity contribution in [1.29, 1.82) is 0 Å². The smallest absolute Gasteiger partial charge is 0.312 e. The Morgan fingerprint density at radius 2 is 1.67 bits per heavy atom. The number of hydrogen-bond donors (Lipinski definition) is 0. The molecule has 6 heteroatoms. The van der Waals surface area contributed by atoms with Gasteiger partial charge in [0, 0.05) is 0 Å². The molecule has 1 aromatic carbocycles. The number of carbonyl (C=O) groups excluding carboxylic acids is 1. The van der Waals surface area contributed by atoms with Crippen molar-refractivity contribution in [1.82, 2.24) is 0 Å². The summed E-state index contributed by atoms with van der Waals surface area (Å²) in [6.07, 6.45) is 0.0566. The average Bonchev–Trinajstić information content (AvgIpc) is 2.33. The van der Waals surface area contributed by atoms with E-state index in [2.05, 4.69) is 0 Å². The Hall–Kier alpha value is -1.40. The van der Waals surface area contributed by atoms with E-state index in [9.17, 15) is 13.2 Å². The molecular weight excluding hydrogens is 292 g/mol. The van der Waals surface area contributed by atoms with Crippen LogP contribution in [0.15, 0.2) is 30.3 Å². The summed E-state index contributed by atoms with van der Waals surface area (Å²) >= 11 is 0. The van der Waals surface area contributed by atoms with E-state index in [1.165, 1.54) is 0 Å². The molecule has 0 N–H and O–H groups in total. The van der Waals surface area contributed by atoms with Gasteiger partial charge >= 0.3 is 5.97 Å². The molecule has 1 unspecified atom stereocenters. The van der Waals surface area contributed by atoms with E-state index in [0.29, 0.717) is 5.56 Å². The normalized spacial score (nSPS) is 15.3. The van der Waals surface area contributed by atoms with Gasteiger partial charge in [0.2, 0.25) is 0 Å². The van der Waals surface area contributed by atoms with Crippen LogP contribution in [-0.2, 0) is 23.8 Å². The standard InChI is InChI=1S/C15H22O5S/c1-11(14(16)19-15(2,3)4)13(20-21(5,17)18)12-9-7-6-8-10-12/h6-11,13H,1-5H3/t11?,13-/m1/s1. The van der Waals surface area contributed by atoms with Crippen molar-refractivity contribution in [2.75, 3.05) is 6.26 Å². The molecular formula is C15H22O5S. The highest BCUT2D eigenvalue weighted by molar-refractivity contribution is 7.86. The summed E-state index contributed by atoms with van der Waals surface area (Å²) in [5, 5.41) is 0. The highest BCUT2D eigenvalue weighted by Crippen LogP contribution is 2.29. The zero-order valence-corrected chi connectivity index (χ0v) is 13.8. The van der Waals surface area contributed by atoms with Crippen LogP contribution in [0.4, 0.5) is 0 Å². The van der Waals surface area contributed by atoms with Crippen LogP contribution < -0.4 is 0 Å². The van der Waals surface area contributed by atoms with E-state index < -0.39 is 33.7 Å². The minimum Gasteiger partial charge on any atom is -0.460 e. The fourth-order valence-corrected chi connectivity index (χ4v) is 2.43. The predicted molar refractivity (Wildman–Crippen MR) is 80.1 cm³/mol. The van der Waals surface area contributed by atoms with Gasteiger partial charge in [-0.05, 0) is 33.3 Å². The number of esters is 1. The van der Waals surface area contributed by atoms with E-state index in [0.717, 1.165) is 6.26 Å². The Kier molecular flexibility index (Phi) is 5.53. The van der Waals surface area contributed by atoms with Crippen LogP contribution in [0, 0.1) is 5.92 Å². The molecule has 1 rings (SSSR count). The zero-order valence-electron chi connectivity index (χ0n) is 13.0. The summed E-state index contributed by atoms with van der Waals surface area (Å²) in [5.41, 5.74) is -0.0289. The van der Waals surface area contributed by atoms with Crippen LogP contribution in [0.25, 0.3) is 0 Å². The fraction of sp³-hybridized carbons (Fsp3) is 0.533. The molecule has 21 heavy (non-hydrogen) atoms. The third-order valence-electron chi connectivity index (χ3n) is 2.64. The minimum atomic E-state index is -3.70. The van der Waals surface area contributed by atoms with Crippen molar-refractivity contribution in [3.63, 3.8) is 0 Å². The summed E-state index contributed by atoms with van der Waals surface area (Å²) in [7, 11) is -3.70. The first kappa shape index (κ1) is 17.7. The number of rotatable bonds is 5. The second-order valence-corrected chi connectivity index (χ2v) is 7.55. The molecule has 0 spiro atoms. The first-order valence-electron chi connectivity index (χ1n) is 6.66. The number of ether oxygens (including phenoxy) is 1. The SMILES string of the molecule is CC(C(=O)OC(C)(C)C)[C@@H](OS(C)(=O)=O)c1ccccc1. The van der Waals surface area contributed by atoms with E-state index in [1.54, 1.807) is 58.0 Å². The maximum Gasteiger partial charge on any atom is 0.312 e. The largest absolute Gasteiger partial charge is 0.460 e. The van der Waals surface area contributed by atoms with E-state index in [4.69, 9.17) is 8.92 Å². The second-order valence-electron chi connectivity index (χ2n) is 5.95. The molecule has 1 aromatic rings. The maximum absolute atomic E-state index is 12.2. The Labute approximate surface area is 126 Å². The van der Waals surface area contributed by atoms with Crippen molar-refractivity contribution in [2.45, 2.75) is 39.4 Å². The first-order valence-corrected chi connectivity index (χ1v) is 8.47. The monoisotopic (exact) mass is 314 g/mol. The molecule has 0 amide bonds. The second kappa shape index (κ2) is 6.58. The molecule has 0 bridgehead atoms. The Balaban J connectivity index is 3.04. The van der Waals surface area contributed by atoms with Crippen molar-refractivity contribution < 1.29 is 22.1 Å². The third kappa shape index (κ3) is 6.27. The third-order valence-corrected chi connectivity index (χ3v) is 3.20. The van der Waals surface area contributed by atoms with Crippen LogP contribution in [0.3, 0.4) is 0 Å². The highest BCUT2D eigenvalue weighted by atomic mass is 32.2. The van der Waals surface area contributed by atoms with Gasteiger partial charge in [0.15, 0.2) is 0 Å². The van der Waals surface area contributed by atoms with Crippen LogP contribution in [0.5, 0.6) is 0 Å². The quantitative estimate of drug-likeness (QED) is 0.617. The molecule has 2 atom stereocenters. The predicted octanol–water partition coefficient (Wildman–Crippen LogP) is 2.68. The van der Waals surface area contributed by atoms with E-state index in [-0.39, 0.29) is 0 Å². The van der Waals surface area contributed by atoms with Gasteiger partial charge in [0.1, 0.15) is 11.7 Å². The van der Waals surface area contributed by atoms with Crippen molar-refractivity contribution in [3.8, 4) is 0 Å². The lowest BCUT2D eigenvalue weighted by molar-refractivity contribution is -0.162. The molecule has 118 valence electrons. The van der Waals surface area contributed by atoms with Crippen LogP contribution in [-0.4, -0.2) is 26.2 Å². The van der Waals surface area contributed by atoms with Gasteiger partial charge in [-0.2, -0.15) is 8.42 Å². The summed E-state index contributed by atoms with van der Waals surface area (Å²) in [5.74, 6) is -1.25. The summed E-state index contributed by atoms with van der Waals surface area (Å²) in [6.45, 7) is 6.86. The van der Waals surface area contributed by atoms with Crippen LogP contribution in [0.1, 0.15) is 39.4 Å². The van der Waals surface area contributed by atoms with Gasteiger partial charge in [0.25, 0.3) is 10.1 Å². The summed E-state index contributed by atoms with van der Waals surface area (Å²) in [4.78, 5) is 12.2. The number of benzene rings is 1. The Morgan fingerprint density at radius 3 is 2.10 bits per heavy atom. The Bertz CT molecular complexity index is 572. The van der Waals surface area contributed by atoms with Crippen molar-refractivity contribution >= 4 is 16.1 Å². The zero-order chi connectivity index (χ0) is 16.3. The van der Waals surface area contributed by atoms with E-state index in [1.807, 2.05) is 0 Å². The first-order chi connectivity index (χ1) is 9.49. The topological polar surface area (TPSA) is 69.7 Å². The number of hydrogen-bond acceptors (Lipinski definition) is 5. The van der Waals surface area contributed by atoms with Gasteiger partial charge in [-0.15, -0.1) is 0 Å². The van der Waals surface area contributed by atoms with Crippen LogP contribution in [0.2, 0.25) is 0 Å². The average molecular weight is 314 g/mol. The Morgan fingerprint density at radius 1 is 1.14 bits per heavy atom.